The van der Waals surface area contributed by atoms with Crippen LogP contribution in [-0.2, 0) is 10.0 Å². The zero-order valence-corrected chi connectivity index (χ0v) is 21.0. The van der Waals surface area contributed by atoms with Crippen LogP contribution in [0.1, 0.15) is 6.42 Å². The van der Waals surface area contributed by atoms with E-state index in [0.717, 1.165) is 44.3 Å². The molecule has 12 heteroatoms. The topological polar surface area (TPSA) is 121 Å². The molecule has 1 saturated heterocycles. The van der Waals surface area contributed by atoms with Crippen LogP contribution in [0.25, 0.3) is 0 Å². The summed E-state index contributed by atoms with van der Waals surface area (Å²) in [7, 11) is -1.39. The van der Waals surface area contributed by atoms with Gasteiger partial charge in [-0.15, -0.1) is 0 Å². The Morgan fingerprint density at radius 3 is 2.61 bits per heavy atom. The van der Waals surface area contributed by atoms with Gasteiger partial charge in [0, 0.05) is 31.4 Å². The maximum absolute atomic E-state index is 14.4. The van der Waals surface area contributed by atoms with Crippen molar-refractivity contribution in [2.45, 2.75) is 12.5 Å². The molecule has 0 bridgehead atoms. The molecular formula is C24H30FN7O3S. The van der Waals surface area contributed by atoms with Gasteiger partial charge in [0.25, 0.3) is 0 Å². The van der Waals surface area contributed by atoms with Crippen LogP contribution >= 0.6 is 0 Å². The number of rotatable bonds is 10. The van der Waals surface area contributed by atoms with Gasteiger partial charge in [-0.2, -0.15) is 4.98 Å². The van der Waals surface area contributed by atoms with Crippen LogP contribution in [0.2, 0.25) is 0 Å². The van der Waals surface area contributed by atoms with Gasteiger partial charge >= 0.3 is 0 Å². The second-order valence-electron chi connectivity index (χ2n) is 8.63. The Bertz CT molecular complexity index is 1270. The lowest BCUT2D eigenvalue weighted by Gasteiger charge is -2.30. The van der Waals surface area contributed by atoms with Gasteiger partial charge in [-0.1, -0.05) is 12.1 Å². The van der Waals surface area contributed by atoms with E-state index in [1.165, 1.54) is 0 Å². The Kier molecular flexibility index (Phi) is 8.18. The first-order valence-electron chi connectivity index (χ1n) is 11.5. The van der Waals surface area contributed by atoms with Gasteiger partial charge in [0.15, 0.2) is 11.6 Å². The molecule has 0 spiro atoms. The lowest BCUT2D eigenvalue weighted by atomic mass is 10.1. The standard InChI is InChI=1S/C24H30FN7O3S/c1-32-13-12-26-18(16-32)11-14-35-19-9-7-17(8-10-19)28-24-27-15-20(25)23(30-24)29-21-5-3-4-6-22(21)31-36(2,33)34/h3-10,15,18,26,31H,11-14,16H2,1-2H3,(H2,27,28,29,30). The molecule has 0 aliphatic carbocycles. The van der Waals surface area contributed by atoms with Gasteiger partial charge in [-0.05, 0) is 49.9 Å². The number of hydrogen-bond acceptors (Lipinski definition) is 9. The molecule has 2 heterocycles. The Balaban J connectivity index is 1.36. The number of halogens is 1. The minimum absolute atomic E-state index is 0.0998. The highest BCUT2D eigenvalue weighted by molar-refractivity contribution is 7.92. The number of aromatic nitrogens is 2. The molecule has 1 aliphatic rings. The molecule has 192 valence electrons. The van der Waals surface area contributed by atoms with Crippen LogP contribution in [-0.4, -0.2) is 68.9 Å². The third kappa shape index (κ3) is 7.51. The fourth-order valence-electron chi connectivity index (χ4n) is 3.79. The molecule has 0 saturated carbocycles. The van der Waals surface area contributed by atoms with Gasteiger partial charge in [0.05, 0.1) is 30.4 Å². The van der Waals surface area contributed by atoms with E-state index in [1.807, 2.05) is 24.3 Å². The molecule has 0 radical (unpaired) electrons. The number of sulfonamides is 1. The minimum Gasteiger partial charge on any atom is -0.494 e. The highest BCUT2D eigenvalue weighted by atomic mass is 32.2. The van der Waals surface area contributed by atoms with Crippen molar-refractivity contribution in [3.05, 3.63) is 60.5 Å². The maximum atomic E-state index is 14.4. The number of nitrogens with zero attached hydrogens (tertiary/aromatic N) is 3. The predicted molar refractivity (Wildman–Crippen MR) is 139 cm³/mol. The zero-order valence-electron chi connectivity index (χ0n) is 20.2. The second kappa shape index (κ2) is 11.5. The fraction of sp³-hybridized carbons (Fsp3) is 0.333. The number of para-hydroxylation sites is 2. The molecular weight excluding hydrogens is 485 g/mol. The number of benzene rings is 2. The molecule has 1 unspecified atom stereocenters. The van der Waals surface area contributed by atoms with Crippen molar-refractivity contribution in [1.29, 1.82) is 0 Å². The van der Waals surface area contributed by atoms with Crippen LogP contribution in [0.4, 0.5) is 33.2 Å². The predicted octanol–water partition coefficient (Wildman–Crippen LogP) is 3.15. The summed E-state index contributed by atoms with van der Waals surface area (Å²) in [5.74, 6) is 0.143. The number of hydrogen-bond donors (Lipinski definition) is 4. The summed E-state index contributed by atoms with van der Waals surface area (Å²) in [6.07, 6.45) is 3.00. The first kappa shape index (κ1) is 25.6. The SMILES string of the molecule is CN1CCNC(CCOc2ccc(Nc3ncc(F)c(Nc4ccccc4NS(C)(=O)=O)n3)cc2)C1. The van der Waals surface area contributed by atoms with Crippen LogP contribution < -0.4 is 25.4 Å². The van der Waals surface area contributed by atoms with Crippen molar-refractivity contribution < 1.29 is 17.5 Å². The highest BCUT2D eigenvalue weighted by Gasteiger charge is 2.16. The Morgan fingerprint density at radius 2 is 1.89 bits per heavy atom. The van der Waals surface area contributed by atoms with Crippen molar-refractivity contribution in [3.8, 4) is 5.75 Å². The molecule has 2 aromatic carbocycles. The maximum Gasteiger partial charge on any atom is 0.229 e. The average Bonchev–Trinajstić information content (AvgIpc) is 2.83. The number of nitrogens with one attached hydrogen (secondary N) is 4. The molecule has 3 aromatic rings. The average molecular weight is 516 g/mol. The van der Waals surface area contributed by atoms with Gasteiger partial charge in [-0.3, -0.25) is 4.72 Å². The zero-order chi connectivity index (χ0) is 25.5. The lowest BCUT2D eigenvalue weighted by Crippen LogP contribution is -2.49. The Labute approximate surface area is 210 Å². The number of ether oxygens (including phenoxy) is 1. The molecule has 1 aliphatic heterocycles. The van der Waals surface area contributed by atoms with Crippen LogP contribution in [0, 0.1) is 5.82 Å². The monoisotopic (exact) mass is 515 g/mol. The van der Waals surface area contributed by atoms with E-state index in [0.29, 0.717) is 24.0 Å². The molecule has 1 atom stereocenters. The summed E-state index contributed by atoms with van der Waals surface area (Å²) in [6, 6.07) is 14.3. The number of piperazine rings is 1. The smallest absolute Gasteiger partial charge is 0.229 e. The summed E-state index contributed by atoms with van der Waals surface area (Å²) in [5, 5.41) is 9.37. The molecule has 1 aromatic heterocycles. The van der Waals surface area contributed by atoms with Gasteiger partial charge in [0.2, 0.25) is 16.0 Å². The Morgan fingerprint density at radius 1 is 1.14 bits per heavy atom. The fourth-order valence-corrected chi connectivity index (χ4v) is 4.37. The van der Waals surface area contributed by atoms with Crippen molar-refractivity contribution in [1.82, 2.24) is 20.2 Å². The first-order chi connectivity index (χ1) is 17.2. The van der Waals surface area contributed by atoms with Crippen molar-refractivity contribution in [2.75, 3.05) is 54.9 Å². The third-order valence-electron chi connectivity index (χ3n) is 5.52. The van der Waals surface area contributed by atoms with Gasteiger partial charge in [0.1, 0.15) is 5.75 Å². The summed E-state index contributed by atoms with van der Waals surface area (Å²) in [5.41, 5.74) is 1.33. The van der Waals surface area contributed by atoms with E-state index in [2.05, 4.69) is 42.6 Å². The van der Waals surface area contributed by atoms with E-state index in [4.69, 9.17) is 4.74 Å². The van der Waals surface area contributed by atoms with E-state index < -0.39 is 15.8 Å². The largest absolute Gasteiger partial charge is 0.494 e. The molecule has 10 nitrogen and oxygen atoms in total. The number of anilines is 5. The first-order valence-corrected chi connectivity index (χ1v) is 13.4. The Hall–Kier alpha value is -3.48. The van der Waals surface area contributed by atoms with Crippen molar-refractivity contribution in [3.63, 3.8) is 0 Å². The van der Waals surface area contributed by atoms with Crippen LogP contribution in [0.15, 0.2) is 54.7 Å². The normalized spacial score (nSPS) is 16.4. The van der Waals surface area contributed by atoms with E-state index >= 15 is 0 Å². The minimum atomic E-state index is -3.51. The van der Waals surface area contributed by atoms with Gasteiger partial charge < -0.3 is 25.6 Å². The number of likely N-dealkylation sites (N-methyl/N-ethyl adjacent to an activating group) is 1. The van der Waals surface area contributed by atoms with Gasteiger partial charge in [-0.25, -0.2) is 17.8 Å². The molecule has 4 rings (SSSR count). The van der Waals surface area contributed by atoms with E-state index in [-0.39, 0.29) is 17.5 Å². The summed E-state index contributed by atoms with van der Waals surface area (Å²) in [6.45, 7) is 3.69. The van der Waals surface area contributed by atoms with E-state index in [9.17, 15) is 12.8 Å². The molecule has 1 fully saturated rings. The highest BCUT2D eigenvalue weighted by Crippen LogP contribution is 2.27. The van der Waals surface area contributed by atoms with E-state index in [1.54, 1.807) is 24.3 Å². The third-order valence-corrected chi connectivity index (χ3v) is 6.11. The quantitative estimate of drug-likeness (QED) is 0.323. The second-order valence-corrected chi connectivity index (χ2v) is 10.4. The lowest BCUT2D eigenvalue weighted by molar-refractivity contribution is 0.206. The molecule has 0 amide bonds. The van der Waals surface area contributed by atoms with Crippen LogP contribution in [0.3, 0.4) is 0 Å². The van der Waals surface area contributed by atoms with Crippen molar-refractivity contribution in [2.24, 2.45) is 0 Å². The summed E-state index contributed by atoms with van der Waals surface area (Å²) >= 11 is 0. The summed E-state index contributed by atoms with van der Waals surface area (Å²) in [4.78, 5) is 10.5. The van der Waals surface area contributed by atoms with Crippen LogP contribution in [0.5, 0.6) is 5.75 Å². The molecule has 36 heavy (non-hydrogen) atoms. The molecule has 4 N–H and O–H groups in total. The van der Waals surface area contributed by atoms with Crippen molar-refractivity contribution >= 4 is 38.9 Å². The summed E-state index contributed by atoms with van der Waals surface area (Å²) < 4.78 is 45.9.